The summed E-state index contributed by atoms with van der Waals surface area (Å²) < 4.78 is 25.5. The number of hydrogen-bond acceptors (Lipinski definition) is 6. The normalized spacial score (nSPS) is 20.2. The molecular weight excluding hydrogens is 557 g/mol. The van der Waals surface area contributed by atoms with Gasteiger partial charge in [0.05, 0.1) is 36.1 Å². The van der Waals surface area contributed by atoms with Gasteiger partial charge in [0.25, 0.3) is 5.56 Å². The number of benzene rings is 2. The van der Waals surface area contributed by atoms with Crippen molar-refractivity contribution in [1.29, 1.82) is 5.26 Å². The molecule has 2 aliphatic carbocycles. The molecule has 1 N–H and O–H groups in total. The number of aliphatic hydroxyl groups is 1. The van der Waals surface area contributed by atoms with Crippen molar-refractivity contribution < 1.29 is 14.2 Å². The van der Waals surface area contributed by atoms with E-state index in [1.807, 2.05) is 32.0 Å². The van der Waals surface area contributed by atoms with E-state index < -0.39 is 5.82 Å². The van der Waals surface area contributed by atoms with Gasteiger partial charge in [0.2, 0.25) is 5.78 Å². The second kappa shape index (κ2) is 12.6. The first-order valence-electron chi connectivity index (χ1n) is 15.9. The summed E-state index contributed by atoms with van der Waals surface area (Å²) in [7, 11) is 0. The molecule has 2 fully saturated rings. The molecule has 230 valence electrons. The smallest absolute Gasteiger partial charge is 0.259 e. The van der Waals surface area contributed by atoms with E-state index in [0.29, 0.717) is 46.6 Å². The van der Waals surface area contributed by atoms with Crippen molar-refractivity contribution >= 4 is 5.78 Å². The molecule has 2 saturated carbocycles. The highest BCUT2D eigenvalue weighted by Gasteiger charge is 2.42. The number of rotatable bonds is 10. The molecule has 9 heteroatoms. The van der Waals surface area contributed by atoms with Gasteiger partial charge in [-0.15, -0.1) is 0 Å². The molecule has 0 spiro atoms. The Kier molecular flexibility index (Phi) is 8.66. The molecule has 2 aromatic heterocycles. The van der Waals surface area contributed by atoms with Crippen molar-refractivity contribution in [3.63, 3.8) is 0 Å². The van der Waals surface area contributed by atoms with Crippen LogP contribution in [0.25, 0.3) is 16.9 Å². The Morgan fingerprint density at radius 2 is 1.95 bits per heavy atom. The van der Waals surface area contributed by atoms with Gasteiger partial charge >= 0.3 is 0 Å². The van der Waals surface area contributed by atoms with Crippen LogP contribution in [-0.4, -0.2) is 43.1 Å². The van der Waals surface area contributed by atoms with Crippen LogP contribution in [0.15, 0.2) is 53.6 Å². The van der Waals surface area contributed by atoms with Crippen LogP contribution in [0.1, 0.15) is 93.6 Å². The van der Waals surface area contributed by atoms with Crippen molar-refractivity contribution in [3.8, 4) is 17.2 Å². The summed E-state index contributed by atoms with van der Waals surface area (Å²) in [5.41, 5.74) is 3.25. The number of halogens is 1. The zero-order valence-electron chi connectivity index (χ0n) is 25.5. The highest BCUT2D eigenvalue weighted by Crippen LogP contribution is 2.45. The second-order valence-electron chi connectivity index (χ2n) is 12.6. The maximum atomic E-state index is 15.6. The van der Waals surface area contributed by atoms with E-state index in [4.69, 9.17) is 4.74 Å². The quantitative estimate of drug-likeness (QED) is 0.235. The summed E-state index contributed by atoms with van der Waals surface area (Å²) >= 11 is 0. The fraction of sp³-hybridized carbons (Fsp3) is 0.486. The number of aliphatic hydroxyl groups excluding tert-OH is 1. The molecule has 4 aromatic rings. The Morgan fingerprint density at radius 1 is 1.18 bits per heavy atom. The summed E-state index contributed by atoms with van der Waals surface area (Å²) in [4.78, 5) is 18.8. The maximum absolute atomic E-state index is 15.6. The first kappa shape index (κ1) is 30.2. The minimum Gasteiger partial charge on any atom is -0.393 e. The number of hydrogen-bond donors (Lipinski definition) is 1. The van der Waals surface area contributed by atoms with Crippen LogP contribution in [0.2, 0.25) is 0 Å². The largest absolute Gasteiger partial charge is 0.393 e. The van der Waals surface area contributed by atoms with Crippen LogP contribution in [0.4, 0.5) is 4.39 Å². The molecule has 44 heavy (non-hydrogen) atoms. The van der Waals surface area contributed by atoms with Crippen molar-refractivity contribution in [3.05, 3.63) is 87.3 Å². The molecule has 0 aliphatic heterocycles. The summed E-state index contributed by atoms with van der Waals surface area (Å²) in [6, 6.07) is 14.2. The summed E-state index contributed by atoms with van der Waals surface area (Å²) in [6.45, 7) is 4.49. The Hall–Kier alpha value is -3.87. The summed E-state index contributed by atoms with van der Waals surface area (Å²) in [6.07, 6.45) is 9.08. The number of nitriles is 1. The third-order valence-corrected chi connectivity index (χ3v) is 9.94. The molecule has 0 saturated heterocycles. The molecule has 0 amide bonds. The first-order valence-corrected chi connectivity index (χ1v) is 15.9. The third kappa shape index (κ3) is 5.57. The lowest BCUT2D eigenvalue weighted by molar-refractivity contribution is -0.110. The van der Waals surface area contributed by atoms with Crippen LogP contribution in [-0.2, 0) is 17.6 Å². The van der Waals surface area contributed by atoms with Gasteiger partial charge < -0.3 is 9.84 Å². The van der Waals surface area contributed by atoms with E-state index in [9.17, 15) is 15.2 Å². The van der Waals surface area contributed by atoms with E-state index in [-0.39, 0.29) is 35.6 Å². The van der Waals surface area contributed by atoms with Crippen LogP contribution >= 0.6 is 0 Å². The van der Waals surface area contributed by atoms with Gasteiger partial charge in [-0.25, -0.2) is 8.91 Å². The number of aryl methyl sites for hydroxylation is 1. The Labute approximate surface area is 257 Å². The summed E-state index contributed by atoms with van der Waals surface area (Å²) in [5.74, 6) is 0.111. The van der Waals surface area contributed by atoms with E-state index in [1.165, 1.54) is 12.4 Å². The Balaban J connectivity index is 1.28. The van der Waals surface area contributed by atoms with Crippen molar-refractivity contribution in [1.82, 2.24) is 19.2 Å². The molecule has 6 rings (SSSR count). The van der Waals surface area contributed by atoms with Crippen LogP contribution in [0, 0.1) is 22.6 Å². The van der Waals surface area contributed by atoms with Crippen LogP contribution in [0.3, 0.4) is 0 Å². The monoisotopic (exact) mass is 597 g/mol. The fourth-order valence-corrected chi connectivity index (χ4v) is 7.03. The van der Waals surface area contributed by atoms with E-state index >= 15 is 4.39 Å². The minimum absolute atomic E-state index is 0.0624. The SMILES string of the molecule is CCCc1c(Cc2ccc(-c3ccccc3C#N)cc2F)c(=O)n([C@H]2CC[C@H](OCC3(C(C)O)CCC3)CC2)c2ncnn12. The lowest BCUT2D eigenvalue weighted by atomic mass is 9.66. The van der Waals surface area contributed by atoms with E-state index in [0.717, 1.165) is 57.1 Å². The summed E-state index contributed by atoms with van der Waals surface area (Å²) in [5, 5.41) is 24.3. The maximum Gasteiger partial charge on any atom is 0.259 e. The predicted molar refractivity (Wildman–Crippen MR) is 166 cm³/mol. The molecule has 8 nitrogen and oxygen atoms in total. The van der Waals surface area contributed by atoms with Gasteiger partial charge in [-0.05, 0) is 80.7 Å². The van der Waals surface area contributed by atoms with Gasteiger partial charge in [-0.1, -0.05) is 50.1 Å². The van der Waals surface area contributed by atoms with Crippen LogP contribution in [0.5, 0.6) is 0 Å². The standard InChI is InChI=1S/C35H40FN5O3/c1-3-7-32-30(18-25-11-10-24(19-31(25)36)29-9-5-4-8-26(29)20-37)33(43)40(34-38-22-39-41(32)34)27-12-14-28(15-13-27)44-21-35(23(2)42)16-6-17-35/h4-5,8-11,19,22-23,27-28,42H,3,6-7,12-18,21H2,1-2H3/t23?,27-,28-. The van der Waals surface area contributed by atoms with E-state index in [1.54, 1.807) is 27.3 Å². The van der Waals surface area contributed by atoms with Gasteiger partial charge in [0.1, 0.15) is 12.1 Å². The van der Waals surface area contributed by atoms with Crippen LogP contribution < -0.4 is 5.56 Å². The molecule has 2 aliphatic rings. The number of ether oxygens (including phenoxy) is 1. The number of nitrogens with zero attached hydrogens (tertiary/aromatic N) is 5. The first-order chi connectivity index (χ1) is 21.3. The predicted octanol–water partition coefficient (Wildman–Crippen LogP) is 6.16. The molecule has 2 heterocycles. The van der Waals surface area contributed by atoms with Crippen molar-refractivity contribution in [2.45, 2.75) is 96.3 Å². The number of fused-ring (bicyclic) bond motifs is 1. The molecule has 1 atom stereocenters. The second-order valence-corrected chi connectivity index (χ2v) is 12.6. The van der Waals surface area contributed by atoms with Gasteiger partial charge in [0.15, 0.2) is 0 Å². The highest BCUT2D eigenvalue weighted by atomic mass is 19.1. The highest BCUT2D eigenvalue weighted by molar-refractivity contribution is 5.70. The van der Waals surface area contributed by atoms with E-state index in [2.05, 4.69) is 16.2 Å². The van der Waals surface area contributed by atoms with Gasteiger partial charge in [0, 0.05) is 23.4 Å². The topological polar surface area (TPSA) is 105 Å². The molecule has 2 aromatic carbocycles. The average molecular weight is 598 g/mol. The van der Waals surface area contributed by atoms with Gasteiger partial charge in [-0.3, -0.25) is 9.36 Å². The fourth-order valence-electron chi connectivity index (χ4n) is 7.03. The molecule has 0 bridgehead atoms. The molecular formula is C35H40FN5O3. The van der Waals surface area contributed by atoms with Crippen molar-refractivity contribution in [2.24, 2.45) is 5.41 Å². The minimum atomic E-state index is -0.415. The number of aromatic nitrogens is 4. The van der Waals surface area contributed by atoms with Crippen molar-refractivity contribution in [2.75, 3.05) is 6.61 Å². The third-order valence-electron chi connectivity index (χ3n) is 9.94. The lowest BCUT2D eigenvalue weighted by Gasteiger charge is -2.45. The molecule has 0 radical (unpaired) electrons. The lowest BCUT2D eigenvalue weighted by Crippen LogP contribution is -2.45. The molecule has 1 unspecified atom stereocenters. The average Bonchev–Trinajstić information content (AvgIpc) is 3.49. The zero-order chi connectivity index (χ0) is 30.8. The Morgan fingerprint density at radius 3 is 2.61 bits per heavy atom. The van der Waals surface area contributed by atoms with Gasteiger partial charge in [-0.2, -0.15) is 15.3 Å². The Bertz CT molecular complexity index is 1740. The zero-order valence-corrected chi connectivity index (χ0v) is 25.5.